The molecular formula is C8H6O4. The van der Waals surface area contributed by atoms with Crippen molar-refractivity contribution in [3.63, 3.8) is 0 Å². The number of rotatable bonds is 0. The highest BCUT2D eigenvalue weighted by Gasteiger charge is 2.62. The van der Waals surface area contributed by atoms with E-state index in [1.807, 2.05) is 0 Å². The largest absolute Gasteiger partial charge is 0.389 e. The topological polar surface area (TPSA) is 52.6 Å². The van der Waals surface area contributed by atoms with Gasteiger partial charge in [-0.1, -0.05) is 0 Å². The Hall–Kier alpha value is -1.16. The minimum absolute atomic E-state index is 0.0446. The lowest BCUT2D eigenvalue weighted by Crippen LogP contribution is -2.27. The molecule has 0 aromatic carbocycles. The Morgan fingerprint density at radius 2 is 2.33 bits per heavy atom. The highest BCUT2D eigenvalue weighted by Crippen LogP contribution is 2.50. The molecule has 2 saturated heterocycles. The highest BCUT2D eigenvalue weighted by atomic mass is 16.6. The van der Waals surface area contributed by atoms with Crippen molar-refractivity contribution < 1.29 is 19.1 Å². The average Bonchev–Trinajstić information content (AvgIpc) is 2.65. The predicted octanol–water partition coefficient (Wildman–Crippen LogP) is -0.215. The molecule has 2 aliphatic heterocycles. The van der Waals surface area contributed by atoms with E-state index < -0.39 is 17.4 Å². The van der Waals surface area contributed by atoms with Gasteiger partial charge in [0.1, 0.15) is 5.41 Å². The van der Waals surface area contributed by atoms with Crippen LogP contribution in [0.3, 0.4) is 0 Å². The van der Waals surface area contributed by atoms with Crippen LogP contribution in [-0.2, 0) is 19.1 Å². The van der Waals surface area contributed by atoms with Crippen molar-refractivity contribution in [3.8, 4) is 0 Å². The molecule has 4 nitrogen and oxygen atoms in total. The fourth-order valence-corrected chi connectivity index (χ4v) is 2.10. The third-order valence-electron chi connectivity index (χ3n) is 2.76. The fraction of sp³-hybridized carbons (Fsp3) is 0.500. The molecule has 1 aliphatic carbocycles. The molecular weight excluding hydrogens is 160 g/mol. The van der Waals surface area contributed by atoms with Crippen molar-refractivity contribution in [2.45, 2.75) is 12.5 Å². The van der Waals surface area contributed by atoms with Crippen molar-refractivity contribution in [2.24, 2.45) is 5.41 Å². The first-order chi connectivity index (χ1) is 5.72. The zero-order valence-electron chi connectivity index (χ0n) is 6.20. The summed E-state index contributed by atoms with van der Waals surface area (Å²) in [4.78, 5) is 22.4. The van der Waals surface area contributed by atoms with E-state index in [1.54, 1.807) is 6.08 Å². The normalized spacial score (nSPS) is 43.0. The molecule has 2 bridgehead atoms. The molecule has 1 spiro atoms. The maximum absolute atomic E-state index is 11.3. The van der Waals surface area contributed by atoms with Crippen LogP contribution in [0.1, 0.15) is 6.42 Å². The molecule has 0 saturated carbocycles. The van der Waals surface area contributed by atoms with Gasteiger partial charge in [0, 0.05) is 0 Å². The Balaban J connectivity index is 2.22. The standard InChI is InChI=1S/C8H6O4/c9-6-5-1-4-2-8(5,3-11-4)7(10)12-6/h1,4H,2-3H2. The second kappa shape index (κ2) is 1.61. The van der Waals surface area contributed by atoms with E-state index in [9.17, 15) is 9.59 Å². The summed E-state index contributed by atoms with van der Waals surface area (Å²) in [5.41, 5.74) is -0.203. The average molecular weight is 166 g/mol. The SMILES string of the molecule is O=C1OC(=O)C23COC(C=C12)C3. The minimum atomic E-state index is -0.720. The molecule has 0 radical (unpaired) electrons. The number of cyclic esters (lactones) is 2. The summed E-state index contributed by atoms with van der Waals surface area (Å²) in [7, 11) is 0. The van der Waals surface area contributed by atoms with Crippen LogP contribution >= 0.6 is 0 Å². The number of hydrogen-bond acceptors (Lipinski definition) is 4. The van der Waals surface area contributed by atoms with Gasteiger partial charge in [-0.05, 0) is 12.5 Å². The molecule has 2 fully saturated rings. The van der Waals surface area contributed by atoms with Gasteiger partial charge in [-0.15, -0.1) is 0 Å². The second-order valence-corrected chi connectivity index (χ2v) is 3.39. The lowest BCUT2D eigenvalue weighted by atomic mass is 9.85. The van der Waals surface area contributed by atoms with Crippen LogP contribution in [0.5, 0.6) is 0 Å². The number of hydrogen-bond donors (Lipinski definition) is 0. The van der Waals surface area contributed by atoms with Gasteiger partial charge >= 0.3 is 11.9 Å². The molecule has 0 amide bonds. The third-order valence-corrected chi connectivity index (χ3v) is 2.76. The van der Waals surface area contributed by atoms with E-state index in [1.165, 1.54) is 0 Å². The van der Waals surface area contributed by atoms with Gasteiger partial charge in [-0.3, -0.25) is 4.79 Å². The molecule has 2 heterocycles. The molecule has 0 N–H and O–H groups in total. The molecule has 2 atom stereocenters. The molecule has 62 valence electrons. The summed E-state index contributed by atoms with van der Waals surface area (Å²) in [5, 5.41) is 0. The maximum Gasteiger partial charge on any atom is 0.342 e. The Kier molecular flexibility index (Phi) is 0.855. The van der Waals surface area contributed by atoms with Crippen LogP contribution in [0.25, 0.3) is 0 Å². The molecule has 0 aromatic heterocycles. The van der Waals surface area contributed by atoms with E-state index in [2.05, 4.69) is 4.74 Å². The number of ether oxygens (including phenoxy) is 2. The van der Waals surface area contributed by atoms with Crippen LogP contribution in [0, 0.1) is 5.41 Å². The van der Waals surface area contributed by atoms with E-state index in [-0.39, 0.29) is 6.10 Å². The number of esters is 2. The molecule has 2 unspecified atom stereocenters. The summed E-state index contributed by atoms with van der Waals surface area (Å²) < 4.78 is 9.77. The summed E-state index contributed by atoms with van der Waals surface area (Å²) in [6.07, 6.45) is 2.25. The second-order valence-electron chi connectivity index (χ2n) is 3.39. The molecule has 3 rings (SSSR count). The van der Waals surface area contributed by atoms with Gasteiger partial charge < -0.3 is 9.47 Å². The number of carbonyl (C=O) groups excluding carboxylic acids is 2. The van der Waals surface area contributed by atoms with Crippen LogP contribution in [0.15, 0.2) is 11.6 Å². The van der Waals surface area contributed by atoms with Crippen LogP contribution in [-0.4, -0.2) is 24.6 Å². The highest BCUT2D eigenvalue weighted by molar-refractivity contribution is 6.11. The Morgan fingerprint density at radius 1 is 1.50 bits per heavy atom. The monoisotopic (exact) mass is 166 g/mol. The van der Waals surface area contributed by atoms with Gasteiger partial charge in [0.15, 0.2) is 0 Å². The molecule has 0 aromatic rings. The maximum atomic E-state index is 11.3. The first-order valence-corrected chi connectivity index (χ1v) is 3.83. The van der Waals surface area contributed by atoms with Crippen molar-refractivity contribution in [3.05, 3.63) is 11.6 Å². The van der Waals surface area contributed by atoms with Gasteiger partial charge in [0.2, 0.25) is 0 Å². The first kappa shape index (κ1) is 6.37. The van der Waals surface area contributed by atoms with Crippen molar-refractivity contribution in [1.82, 2.24) is 0 Å². The molecule has 3 aliphatic rings. The van der Waals surface area contributed by atoms with E-state index in [0.717, 1.165) is 0 Å². The van der Waals surface area contributed by atoms with Crippen LogP contribution < -0.4 is 0 Å². The first-order valence-electron chi connectivity index (χ1n) is 3.83. The quantitative estimate of drug-likeness (QED) is 0.369. The smallest absolute Gasteiger partial charge is 0.342 e. The minimum Gasteiger partial charge on any atom is -0.389 e. The van der Waals surface area contributed by atoms with Crippen molar-refractivity contribution in [1.29, 1.82) is 0 Å². The summed E-state index contributed by atoms with van der Waals surface area (Å²) in [5.74, 6) is -0.912. The fourth-order valence-electron chi connectivity index (χ4n) is 2.10. The summed E-state index contributed by atoms with van der Waals surface area (Å²) in [6, 6.07) is 0. The molecule has 12 heavy (non-hydrogen) atoms. The van der Waals surface area contributed by atoms with Crippen molar-refractivity contribution >= 4 is 11.9 Å². The Labute approximate surface area is 68.1 Å². The zero-order chi connectivity index (χ0) is 8.34. The number of carbonyl (C=O) groups is 2. The van der Waals surface area contributed by atoms with Gasteiger partial charge in [-0.2, -0.15) is 0 Å². The number of fused-ring (bicyclic) bond motifs is 1. The van der Waals surface area contributed by atoms with Crippen LogP contribution in [0.4, 0.5) is 0 Å². The summed E-state index contributed by atoms with van der Waals surface area (Å²) >= 11 is 0. The zero-order valence-corrected chi connectivity index (χ0v) is 6.20. The van der Waals surface area contributed by atoms with Gasteiger partial charge in [0.05, 0.1) is 18.3 Å². The van der Waals surface area contributed by atoms with E-state index >= 15 is 0 Å². The Bertz CT molecular complexity index is 330. The van der Waals surface area contributed by atoms with Gasteiger partial charge in [-0.25, -0.2) is 4.79 Å². The van der Waals surface area contributed by atoms with Crippen molar-refractivity contribution in [2.75, 3.05) is 6.61 Å². The molecule has 4 heteroatoms. The summed E-state index contributed by atoms with van der Waals surface area (Å²) in [6.45, 7) is 0.314. The lowest BCUT2D eigenvalue weighted by Gasteiger charge is -2.13. The Morgan fingerprint density at radius 3 is 3.00 bits per heavy atom. The third kappa shape index (κ3) is 0.474. The van der Waals surface area contributed by atoms with Gasteiger partial charge in [0.25, 0.3) is 0 Å². The van der Waals surface area contributed by atoms with E-state index in [4.69, 9.17) is 4.74 Å². The van der Waals surface area contributed by atoms with E-state index in [0.29, 0.717) is 18.6 Å². The van der Waals surface area contributed by atoms with Crippen LogP contribution in [0.2, 0.25) is 0 Å². The predicted molar refractivity (Wildman–Crippen MR) is 36.0 cm³/mol. The lowest BCUT2D eigenvalue weighted by molar-refractivity contribution is -0.155.